The lowest BCUT2D eigenvalue weighted by Crippen LogP contribution is -2.04. The average Bonchev–Trinajstić information content (AvgIpc) is 3.13. The topological polar surface area (TPSA) is 66.0 Å². The standard InChI is InChI=1S/C17H16N2O2/c20-17(21)16-15-14(11-7-3-4-8-13(11)19-15)12(9-18-16)10-5-1-2-6-10/h3-4,7-10,19H,1-2,5-6H2,(H,20,21). The highest BCUT2D eigenvalue weighted by atomic mass is 16.4. The Bertz CT molecular complexity index is 844. The van der Waals surface area contributed by atoms with Crippen molar-refractivity contribution in [2.75, 3.05) is 0 Å². The molecule has 0 bridgehead atoms. The molecule has 3 aromatic rings. The van der Waals surface area contributed by atoms with E-state index in [1.54, 1.807) is 6.20 Å². The summed E-state index contributed by atoms with van der Waals surface area (Å²) in [6, 6.07) is 7.99. The first kappa shape index (κ1) is 12.4. The highest BCUT2D eigenvalue weighted by molar-refractivity contribution is 6.14. The van der Waals surface area contributed by atoms with Crippen LogP contribution in [0.5, 0.6) is 0 Å². The van der Waals surface area contributed by atoms with E-state index in [4.69, 9.17) is 0 Å². The van der Waals surface area contributed by atoms with Gasteiger partial charge in [0.1, 0.15) is 0 Å². The first-order valence-electron chi connectivity index (χ1n) is 7.38. The first-order valence-corrected chi connectivity index (χ1v) is 7.38. The second-order valence-corrected chi connectivity index (χ2v) is 5.77. The summed E-state index contributed by atoms with van der Waals surface area (Å²) in [7, 11) is 0. The van der Waals surface area contributed by atoms with Gasteiger partial charge in [-0.1, -0.05) is 31.0 Å². The predicted molar refractivity (Wildman–Crippen MR) is 81.8 cm³/mol. The number of para-hydroxylation sites is 1. The fraction of sp³-hybridized carbons (Fsp3) is 0.294. The summed E-state index contributed by atoms with van der Waals surface area (Å²) in [5.41, 5.74) is 2.95. The smallest absolute Gasteiger partial charge is 0.356 e. The lowest BCUT2D eigenvalue weighted by Gasteiger charge is -2.11. The molecular weight excluding hydrogens is 264 g/mol. The Labute approximate surface area is 121 Å². The van der Waals surface area contributed by atoms with Gasteiger partial charge in [0.05, 0.1) is 5.52 Å². The summed E-state index contributed by atoms with van der Waals surface area (Å²) in [6.45, 7) is 0. The average molecular weight is 280 g/mol. The fourth-order valence-electron chi connectivity index (χ4n) is 3.59. The van der Waals surface area contributed by atoms with Gasteiger partial charge in [-0.25, -0.2) is 9.78 Å². The Hall–Kier alpha value is -2.36. The van der Waals surface area contributed by atoms with Gasteiger partial charge in [-0.3, -0.25) is 0 Å². The Morgan fingerprint density at radius 3 is 2.76 bits per heavy atom. The van der Waals surface area contributed by atoms with Gasteiger partial charge in [0.25, 0.3) is 0 Å². The highest BCUT2D eigenvalue weighted by Crippen LogP contribution is 2.40. The van der Waals surface area contributed by atoms with Crippen molar-refractivity contribution < 1.29 is 9.90 Å². The van der Waals surface area contributed by atoms with Crippen molar-refractivity contribution in [3.8, 4) is 0 Å². The Morgan fingerprint density at radius 2 is 2.00 bits per heavy atom. The van der Waals surface area contributed by atoms with E-state index >= 15 is 0 Å². The van der Waals surface area contributed by atoms with Crippen molar-refractivity contribution >= 4 is 27.8 Å². The van der Waals surface area contributed by atoms with Gasteiger partial charge in [0, 0.05) is 22.5 Å². The molecule has 0 saturated heterocycles. The zero-order valence-corrected chi connectivity index (χ0v) is 11.6. The maximum atomic E-state index is 11.4. The molecule has 1 aromatic carbocycles. The fourth-order valence-corrected chi connectivity index (χ4v) is 3.59. The van der Waals surface area contributed by atoms with Crippen LogP contribution in [-0.4, -0.2) is 21.0 Å². The van der Waals surface area contributed by atoms with E-state index in [1.807, 2.05) is 18.2 Å². The van der Waals surface area contributed by atoms with Crippen LogP contribution < -0.4 is 0 Å². The number of fused-ring (bicyclic) bond motifs is 3. The third kappa shape index (κ3) is 1.82. The number of nitrogens with zero attached hydrogens (tertiary/aromatic N) is 1. The second kappa shape index (κ2) is 4.58. The number of aromatic carboxylic acids is 1. The predicted octanol–water partition coefficient (Wildman–Crippen LogP) is 4.07. The summed E-state index contributed by atoms with van der Waals surface area (Å²) >= 11 is 0. The summed E-state index contributed by atoms with van der Waals surface area (Å²) in [5.74, 6) is -0.480. The van der Waals surface area contributed by atoms with E-state index in [2.05, 4.69) is 16.0 Å². The Balaban J connectivity index is 2.10. The van der Waals surface area contributed by atoms with Crippen LogP contribution in [0.1, 0.15) is 47.7 Å². The van der Waals surface area contributed by atoms with Gasteiger partial charge in [-0.15, -0.1) is 0 Å². The molecule has 21 heavy (non-hydrogen) atoms. The van der Waals surface area contributed by atoms with E-state index in [9.17, 15) is 9.90 Å². The number of carbonyl (C=O) groups is 1. The zero-order valence-electron chi connectivity index (χ0n) is 11.6. The molecule has 0 unspecified atom stereocenters. The van der Waals surface area contributed by atoms with E-state index in [0.29, 0.717) is 11.4 Å². The van der Waals surface area contributed by atoms with Crippen LogP contribution >= 0.6 is 0 Å². The minimum absolute atomic E-state index is 0.114. The van der Waals surface area contributed by atoms with Crippen molar-refractivity contribution in [1.29, 1.82) is 0 Å². The molecule has 4 heteroatoms. The molecule has 1 aliphatic carbocycles. The van der Waals surface area contributed by atoms with E-state index in [1.165, 1.54) is 31.2 Å². The maximum Gasteiger partial charge on any atom is 0.356 e. The number of hydrogen-bond donors (Lipinski definition) is 2. The molecule has 4 rings (SSSR count). The van der Waals surface area contributed by atoms with Crippen LogP contribution in [0.3, 0.4) is 0 Å². The van der Waals surface area contributed by atoms with Gasteiger partial charge in [-0.2, -0.15) is 0 Å². The summed E-state index contributed by atoms with van der Waals surface area (Å²) in [4.78, 5) is 18.9. The molecule has 0 atom stereocenters. The van der Waals surface area contributed by atoms with E-state index < -0.39 is 5.97 Å². The Morgan fingerprint density at radius 1 is 1.24 bits per heavy atom. The van der Waals surface area contributed by atoms with Crippen LogP contribution in [0, 0.1) is 0 Å². The van der Waals surface area contributed by atoms with E-state index in [-0.39, 0.29) is 5.69 Å². The molecule has 2 heterocycles. The molecule has 0 spiro atoms. The van der Waals surface area contributed by atoms with Crippen LogP contribution in [0.15, 0.2) is 30.5 Å². The molecule has 1 fully saturated rings. The third-order valence-corrected chi connectivity index (χ3v) is 4.56. The highest BCUT2D eigenvalue weighted by Gasteiger charge is 2.24. The molecule has 1 saturated carbocycles. The number of benzene rings is 1. The SMILES string of the molecule is O=C(O)c1ncc(C2CCCC2)c2c1[nH]c1ccccc12. The van der Waals surface area contributed by atoms with Crippen LogP contribution in [0.25, 0.3) is 21.8 Å². The number of carboxylic acids is 1. The largest absolute Gasteiger partial charge is 0.476 e. The summed E-state index contributed by atoms with van der Waals surface area (Å²) < 4.78 is 0. The normalized spacial score (nSPS) is 16.0. The van der Waals surface area contributed by atoms with Crippen molar-refractivity contribution in [3.63, 3.8) is 0 Å². The number of carboxylic acid groups (broad SMARTS) is 1. The lowest BCUT2D eigenvalue weighted by molar-refractivity contribution is 0.0692. The van der Waals surface area contributed by atoms with Crippen LogP contribution in [0.4, 0.5) is 0 Å². The molecule has 4 nitrogen and oxygen atoms in total. The molecule has 0 amide bonds. The lowest BCUT2D eigenvalue weighted by atomic mass is 9.94. The van der Waals surface area contributed by atoms with Gasteiger partial charge < -0.3 is 10.1 Å². The number of aromatic nitrogens is 2. The molecule has 2 N–H and O–H groups in total. The summed E-state index contributed by atoms with van der Waals surface area (Å²) in [6.07, 6.45) is 6.61. The first-order chi connectivity index (χ1) is 10.3. The van der Waals surface area contributed by atoms with Crippen LogP contribution in [0.2, 0.25) is 0 Å². The monoisotopic (exact) mass is 280 g/mol. The number of H-pyrrole nitrogens is 1. The summed E-state index contributed by atoms with van der Waals surface area (Å²) in [5, 5.41) is 11.5. The molecule has 2 aromatic heterocycles. The van der Waals surface area contributed by atoms with Crippen molar-refractivity contribution in [2.24, 2.45) is 0 Å². The molecule has 106 valence electrons. The number of rotatable bonds is 2. The van der Waals surface area contributed by atoms with Gasteiger partial charge in [0.2, 0.25) is 0 Å². The Kier molecular flexibility index (Phi) is 2.70. The minimum Gasteiger partial charge on any atom is -0.476 e. The number of nitrogens with one attached hydrogen (secondary N) is 1. The van der Waals surface area contributed by atoms with Crippen molar-refractivity contribution in [3.05, 3.63) is 41.7 Å². The number of hydrogen-bond acceptors (Lipinski definition) is 2. The number of pyridine rings is 1. The van der Waals surface area contributed by atoms with Gasteiger partial charge in [0.15, 0.2) is 5.69 Å². The van der Waals surface area contributed by atoms with Gasteiger partial charge in [-0.05, 0) is 30.4 Å². The second-order valence-electron chi connectivity index (χ2n) is 5.77. The molecular formula is C17H16N2O2. The third-order valence-electron chi connectivity index (χ3n) is 4.56. The minimum atomic E-state index is -0.982. The van der Waals surface area contributed by atoms with Crippen molar-refractivity contribution in [2.45, 2.75) is 31.6 Å². The van der Waals surface area contributed by atoms with Crippen molar-refractivity contribution in [1.82, 2.24) is 9.97 Å². The number of aromatic amines is 1. The quantitative estimate of drug-likeness (QED) is 0.743. The van der Waals surface area contributed by atoms with Crippen LogP contribution in [-0.2, 0) is 0 Å². The molecule has 0 aliphatic heterocycles. The molecule has 0 radical (unpaired) electrons. The molecule has 1 aliphatic rings. The maximum absolute atomic E-state index is 11.4. The van der Waals surface area contributed by atoms with Gasteiger partial charge >= 0.3 is 5.97 Å². The zero-order chi connectivity index (χ0) is 14.4. The van der Waals surface area contributed by atoms with E-state index in [0.717, 1.165) is 16.3 Å².